The number of ether oxygens (including phenoxy) is 1. The number of phenols is 1. The molecule has 0 saturated heterocycles. The van der Waals surface area contributed by atoms with Gasteiger partial charge < -0.3 is 9.84 Å². The Kier molecular flexibility index (Phi) is 6.48. The topological polar surface area (TPSA) is 114 Å². The fourth-order valence-electron chi connectivity index (χ4n) is 2.37. The number of phenolic OH excluding ortho intramolecular Hbond substituents is 1. The molecular formula is C19H21N3O5. The molecule has 0 heterocycles. The fraction of sp³-hybridized carbons (Fsp3) is 0.263. The lowest BCUT2D eigenvalue weighted by atomic mass is 10.0. The van der Waals surface area contributed by atoms with Gasteiger partial charge in [0.25, 0.3) is 5.91 Å². The van der Waals surface area contributed by atoms with Crippen LogP contribution in [0.5, 0.6) is 11.5 Å². The van der Waals surface area contributed by atoms with Crippen LogP contribution in [0.1, 0.15) is 36.5 Å². The number of nitro benzene ring substituents is 1. The van der Waals surface area contributed by atoms with Gasteiger partial charge in [0, 0.05) is 6.07 Å². The largest absolute Gasteiger partial charge is 0.502 e. The molecule has 2 aromatic carbocycles. The number of carbonyl (C=O) groups is 1. The third kappa shape index (κ3) is 5.53. The first-order valence-corrected chi connectivity index (χ1v) is 8.30. The minimum absolute atomic E-state index is 0.202. The second kappa shape index (κ2) is 8.79. The molecule has 2 rings (SSSR count). The molecule has 0 saturated carbocycles. The maximum Gasteiger partial charge on any atom is 0.310 e. The molecule has 0 fully saturated rings. The number of hydrazone groups is 1. The van der Waals surface area contributed by atoms with E-state index in [0.29, 0.717) is 11.3 Å². The molecule has 0 unspecified atom stereocenters. The van der Waals surface area contributed by atoms with Gasteiger partial charge in [0.1, 0.15) is 5.75 Å². The smallest absolute Gasteiger partial charge is 0.310 e. The van der Waals surface area contributed by atoms with E-state index in [2.05, 4.69) is 10.5 Å². The third-order valence-electron chi connectivity index (χ3n) is 3.75. The summed E-state index contributed by atoms with van der Waals surface area (Å²) in [5.41, 5.74) is 4.36. The Morgan fingerprint density at radius 1 is 1.33 bits per heavy atom. The SMILES string of the molecule is Cc1ccc(C(C)C)c(OCC(=O)N/N=C\c2ccc([N+](=O)[O-])c(O)c2)c1. The molecule has 0 aliphatic rings. The predicted molar refractivity (Wildman–Crippen MR) is 101 cm³/mol. The molecule has 8 nitrogen and oxygen atoms in total. The standard InChI is InChI=1S/C19H21N3O5/c1-12(2)15-6-4-13(3)8-18(15)27-11-19(24)21-20-10-14-5-7-16(22(25)26)17(23)9-14/h4-10,12,23H,11H2,1-3H3,(H,21,24)/b20-10-. The van der Waals surface area contributed by atoms with Gasteiger partial charge >= 0.3 is 5.69 Å². The first-order chi connectivity index (χ1) is 12.8. The van der Waals surface area contributed by atoms with Gasteiger partial charge in [-0.25, -0.2) is 5.43 Å². The van der Waals surface area contributed by atoms with Crippen molar-refractivity contribution in [2.75, 3.05) is 6.61 Å². The van der Waals surface area contributed by atoms with Crippen molar-refractivity contribution in [2.45, 2.75) is 26.7 Å². The summed E-state index contributed by atoms with van der Waals surface area (Å²) in [6, 6.07) is 9.61. The number of hydrogen-bond acceptors (Lipinski definition) is 6. The van der Waals surface area contributed by atoms with Crippen LogP contribution in [0.2, 0.25) is 0 Å². The Bertz CT molecular complexity index is 878. The van der Waals surface area contributed by atoms with Crippen LogP contribution < -0.4 is 10.2 Å². The highest BCUT2D eigenvalue weighted by Gasteiger charge is 2.12. The Labute approximate surface area is 156 Å². The molecule has 0 bridgehead atoms. The Balaban J connectivity index is 1.93. The lowest BCUT2D eigenvalue weighted by Crippen LogP contribution is -2.25. The van der Waals surface area contributed by atoms with E-state index in [-0.39, 0.29) is 12.5 Å². The van der Waals surface area contributed by atoms with Crippen LogP contribution in [-0.2, 0) is 4.79 Å². The zero-order valence-electron chi connectivity index (χ0n) is 15.3. The van der Waals surface area contributed by atoms with Crippen molar-refractivity contribution in [3.05, 3.63) is 63.2 Å². The number of benzene rings is 2. The lowest BCUT2D eigenvalue weighted by Gasteiger charge is -2.14. The summed E-state index contributed by atoms with van der Waals surface area (Å²) in [5.74, 6) is -0.00575. The second-order valence-corrected chi connectivity index (χ2v) is 6.28. The van der Waals surface area contributed by atoms with Gasteiger partial charge in [0.05, 0.1) is 11.1 Å². The third-order valence-corrected chi connectivity index (χ3v) is 3.75. The number of nitrogens with one attached hydrogen (secondary N) is 1. The molecule has 27 heavy (non-hydrogen) atoms. The molecular weight excluding hydrogens is 350 g/mol. The zero-order chi connectivity index (χ0) is 20.0. The Morgan fingerprint density at radius 2 is 2.07 bits per heavy atom. The number of hydrogen-bond donors (Lipinski definition) is 2. The molecule has 0 atom stereocenters. The van der Waals surface area contributed by atoms with Gasteiger partial charge in [-0.05, 0) is 47.7 Å². The number of aryl methyl sites for hydroxylation is 1. The van der Waals surface area contributed by atoms with Gasteiger partial charge in [-0.15, -0.1) is 0 Å². The normalized spacial score (nSPS) is 11.0. The van der Waals surface area contributed by atoms with Crippen LogP contribution in [-0.4, -0.2) is 28.8 Å². The molecule has 2 aromatic rings. The van der Waals surface area contributed by atoms with Crippen molar-refractivity contribution in [3.8, 4) is 11.5 Å². The lowest BCUT2D eigenvalue weighted by molar-refractivity contribution is -0.385. The van der Waals surface area contributed by atoms with Gasteiger partial charge in [-0.3, -0.25) is 14.9 Å². The summed E-state index contributed by atoms with van der Waals surface area (Å²) in [5, 5.41) is 24.0. The van der Waals surface area contributed by atoms with E-state index in [0.717, 1.165) is 17.2 Å². The van der Waals surface area contributed by atoms with Crippen LogP contribution in [0.25, 0.3) is 0 Å². The minimum atomic E-state index is -0.688. The summed E-state index contributed by atoms with van der Waals surface area (Å²) in [7, 11) is 0. The Hall–Kier alpha value is -3.42. The maximum absolute atomic E-state index is 11.9. The average Bonchev–Trinajstić information content (AvgIpc) is 2.59. The van der Waals surface area contributed by atoms with Crippen LogP contribution >= 0.6 is 0 Å². The highest BCUT2D eigenvalue weighted by Crippen LogP contribution is 2.27. The molecule has 1 amide bonds. The van der Waals surface area contributed by atoms with Crippen molar-refractivity contribution in [2.24, 2.45) is 5.10 Å². The van der Waals surface area contributed by atoms with E-state index in [1.54, 1.807) is 0 Å². The first-order valence-electron chi connectivity index (χ1n) is 8.30. The molecule has 0 spiro atoms. The van der Waals surface area contributed by atoms with Gasteiger partial charge in [-0.2, -0.15) is 5.10 Å². The number of carbonyl (C=O) groups excluding carboxylic acids is 1. The van der Waals surface area contributed by atoms with E-state index >= 15 is 0 Å². The number of rotatable bonds is 7. The van der Waals surface area contributed by atoms with Gasteiger partial charge in [0.2, 0.25) is 0 Å². The van der Waals surface area contributed by atoms with E-state index in [1.807, 2.05) is 39.0 Å². The predicted octanol–water partition coefficient (Wildman–Crippen LogP) is 3.26. The average molecular weight is 371 g/mol. The number of aromatic hydroxyl groups is 1. The highest BCUT2D eigenvalue weighted by molar-refractivity contribution is 5.83. The second-order valence-electron chi connectivity index (χ2n) is 6.28. The van der Waals surface area contributed by atoms with Crippen molar-refractivity contribution in [3.63, 3.8) is 0 Å². The van der Waals surface area contributed by atoms with Crippen molar-refractivity contribution >= 4 is 17.8 Å². The Morgan fingerprint density at radius 3 is 2.70 bits per heavy atom. The quantitative estimate of drug-likeness (QED) is 0.440. The maximum atomic E-state index is 11.9. The van der Waals surface area contributed by atoms with Crippen LogP contribution in [0, 0.1) is 17.0 Å². The minimum Gasteiger partial charge on any atom is -0.502 e. The van der Waals surface area contributed by atoms with E-state index < -0.39 is 22.3 Å². The number of nitrogens with zero attached hydrogens (tertiary/aromatic N) is 2. The number of nitro groups is 1. The molecule has 2 N–H and O–H groups in total. The summed E-state index contributed by atoms with van der Waals surface area (Å²) in [6.45, 7) is 5.83. The molecule has 0 radical (unpaired) electrons. The first kappa shape index (κ1) is 19.9. The van der Waals surface area contributed by atoms with Gasteiger partial charge in [-0.1, -0.05) is 26.0 Å². The zero-order valence-corrected chi connectivity index (χ0v) is 15.3. The summed E-state index contributed by atoms with van der Waals surface area (Å²) < 4.78 is 5.60. The van der Waals surface area contributed by atoms with Crippen LogP contribution in [0.3, 0.4) is 0 Å². The molecule has 0 aromatic heterocycles. The van der Waals surface area contributed by atoms with Crippen molar-refractivity contribution in [1.82, 2.24) is 5.43 Å². The van der Waals surface area contributed by atoms with E-state index in [1.165, 1.54) is 18.3 Å². The highest BCUT2D eigenvalue weighted by atomic mass is 16.6. The monoisotopic (exact) mass is 371 g/mol. The molecule has 0 aliphatic heterocycles. The summed E-state index contributed by atoms with van der Waals surface area (Å²) in [6.07, 6.45) is 1.27. The van der Waals surface area contributed by atoms with Crippen LogP contribution in [0.4, 0.5) is 5.69 Å². The summed E-state index contributed by atoms with van der Waals surface area (Å²) in [4.78, 5) is 21.9. The van der Waals surface area contributed by atoms with Crippen molar-refractivity contribution in [1.29, 1.82) is 0 Å². The van der Waals surface area contributed by atoms with E-state index in [4.69, 9.17) is 4.74 Å². The molecule has 0 aliphatic carbocycles. The van der Waals surface area contributed by atoms with Crippen LogP contribution in [0.15, 0.2) is 41.5 Å². The van der Waals surface area contributed by atoms with E-state index in [9.17, 15) is 20.0 Å². The summed E-state index contributed by atoms with van der Waals surface area (Å²) >= 11 is 0. The van der Waals surface area contributed by atoms with Crippen molar-refractivity contribution < 1.29 is 19.6 Å². The van der Waals surface area contributed by atoms with Gasteiger partial charge in [0.15, 0.2) is 12.4 Å². The fourth-order valence-corrected chi connectivity index (χ4v) is 2.37. The molecule has 8 heteroatoms. The number of amides is 1. The molecule has 142 valence electrons.